The van der Waals surface area contributed by atoms with E-state index in [-0.39, 0.29) is 16.1 Å². The SMILES string of the molecule is CCC(CC)c1nnc(NC(=O)c2ccc(S(=O)(=O)Nc3ccccc3F)cc2)s1. The maximum atomic E-state index is 13.7. The number of nitrogens with one attached hydrogen (secondary N) is 2. The van der Waals surface area contributed by atoms with Crippen LogP contribution < -0.4 is 10.0 Å². The molecule has 0 saturated heterocycles. The third kappa shape index (κ3) is 5.00. The molecule has 158 valence electrons. The molecule has 3 rings (SSSR count). The average molecular weight is 449 g/mol. The zero-order chi connectivity index (χ0) is 21.7. The molecule has 3 aromatic rings. The molecule has 30 heavy (non-hydrogen) atoms. The molecule has 0 fully saturated rings. The molecule has 2 aromatic carbocycles. The fourth-order valence-corrected chi connectivity index (χ4v) is 4.86. The van der Waals surface area contributed by atoms with Crippen LogP contribution in [0.15, 0.2) is 53.4 Å². The van der Waals surface area contributed by atoms with Crippen molar-refractivity contribution in [3.63, 3.8) is 0 Å². The Morgan fingerprint density at radius 2 is 1.73 bits per heavy atom. The number of para-hydroxylation sites is 1. The first-order chi connectivity index (χ1) is 14.3. The summed E-state index contributed by atoms with van der Waals surface area (Å²) in [5.41, 5.74) is 0.114. The second-order valence-corrected chi connectivity index (χ2v) is 9.21. The molecule has 0 aliphatic rings. The minimum atomic E-state index is -3.99. The van der Waals surface area contributed by atoms with Crippen molar-refractivity contribution in [2.75, 3.05) is 10.0 Å². The Kier molecular flexibility index (Phi) is 6.78. The first-order valence-corrected chi connectivity index (χ1v) is 11.7. The van der Waals surface area contributed by atoms with Crippen LogP contribution in [0.25, 0.3) is 0 Å². The number of nitrogens with zero attached hydrogens (tertiary/aromatic N) is 2. The highest BCUT2D eigenvalue weighted by atomic mass is 32.2. The monoisotopic (exact) mass is 448 g/mol. The standard InChI is InChI=1S/C20H21FN4O3S2/c1-3-13(4-2)19-23-24-20(29-19)22-18(26)14-9-11-15(12-10-14)30(27,28)25-17-8-6-5-7-16(17)21/h5-13,25H,3-4H2,1-2H3,(H,22,24,26). The Morgan fingerprint density at radius 1 is 1.07 bits per heavy atom. The molecular weight excluding hydrogens is 427 g/mol. The van der Waals surface area contributed by atoms with Gasteiger partial charge in [0.1, 0.15) is 10.8 Å². The van der Waals surface area contributed by atoms with Crippen LogP contribution in [0, 0.1) is 5.82 Å². The summed E-state index contributed by atoms with van der Waals surface area (Å²) in [5, 5.41) is 12.1. The molecule has 10 heteroatoms. The number of hydrogen-bond acceptors (Lipinski definition) is 6. The molecule has 0 saturated carbocycles. The van der Waals surface area contributed by atoms with Gasteiger partial charge in [0.25, 0.3) is 15.9 Å². The maximum absolute atomic E-state index is 13.7. The molecule has 1 aromatic heterocycles. The number of rotatable bonds is 8. The maximum Gasteiger partial charge on any atom is 0.261 e. The zero-order valence-corrected chi connectivity index (χ0v) is 18.1. The highest BCUT2D eigenvalue weighted by Gasteiger charge is 2.18. The normalized spacial score (nSPS) is 11.5. The second-order valence-electron chi connectivity index (χ2n) is 6.52. The lowest BCUT2D eigenvalue weighted by molar-refractivity contribution is 0.102. The quantitative estimate of drug-likeness (QED) is 0.523. The Labute approximate surface area is 178 Å². The van der Waals surface area contributed by atoms with Crippen molar-refractivity contribution in [2.45, 2.75) is 37.5 Å². The molecule has 0 aliphatic heterocycles. The Bertz CT molecular complexity index is 1130. The summed E-state index contributed by atoms with van der Waals surface area (Å²) in [6.07, 6.45) is 1.88. The third-order valence-electron chi connectivity index (χ3n) is 4.54. The van der Waals surface area contributed by atoms with Crippen molar-refractivity contribution in [3.8, 4) is 0 Å². The van der Waals surface area contributed by atoms with Gasteiger partial charge in [0, 0.05) is 11.5 Å². The van der Waals surface area contributed by atoms with Gasteiger partial charge >= 0.3 is 0 Å². The van der Waals surface area contributed by atoms with Gasteiger partial charge in [0.05, 0.1) is 10.6 Å². The van der Waals surface area contributed by atoms with Gasteiger partial charge in [-0.05, 0) is 49.2 Å². The highest BCUT2D eigenvalue weighted by Crippen LogP contribution is 2.28. The Hall–Kier alpha value is -2.85. The predicted molar refractivity (Wildman–Crippen MR) is 115 cm³/mol. The number of hydrogen-bond donors (Lipinski definition) is 2. The van der Waals surface area contributed by atoms with Gasteiger partial charge in [-0.1, -0.05) is 37.3 Å². The van der Waals surface area contributed by atoms with Gasteiger partial charge in [0.15, 0.2) is 0 Å². The minimum Gasteiger partial charge on any atom is -0.296 e. The first kappa shape index (κ1) is 21.8. The number of sulfonamides is 1. The lowest BCUT2D eigenvalue weighted by Crippen LogP contribution is -2.15. The van der Waals surface area contributed by atoms with Crippen molar-refractivity contribution >= 4 is 38.1 Å². The van der Waals surface area contributed by atoms with Crippen LogP contribution in [0.1, 0.15) is 48.0 Å². The summed E-state index contributed by atoms with van der Waals surface area (Å²) in [6.45, 7) is 4.15. The van der Waals surface area contributed by atoms with Gasteiger partial charge in [-0.25, -0.2) is 12.8 Å². The molecular formula is C20H21FN4O3S2. The van der Waals surface area contributed by atoms with Crippen LogP contribution in [0.5, 0.6) is 0 Å². The van der Waals surface area contributed by atoms with Gasteiger partial charge in [0.2, 0.25) is 5.13 Å². The molecule has 0 bridgehead atoms. The van der Waals surface area contributed by atoms with Crippen LogP contribution >= 0.6 is 11.3 Å². The predicted octanol–water partition coefficient (Wildman–Crippen LogP) is 4.63. The van der Waals surface area contributed by atoms with E-state index in [0.29, 0.717) is 11.0 Å². The van der Waals surface area contributed by atoms with E-state index in [1.165, 1.54) is 53.8 Å². The molecule has 1 heterocycles. The zero-order valence-electron chi connectivity index (χ0n) is 16.4. The second kappa shape index (κ2) is 9.31. The molecule has 0 spiro atoms. The van der Waals surface area contributed by atoms with Gasteiger partial charge < -0.3 is 0 Å². The molecule has 0 aliphatic carbocycles. The van der Waals surface area contributed by atoms with Crippen LogP contribution in [0.2, 0.25) is 0 Å². The summed E-state index contributed by atoms with van der Waals surface area (Å²) in [4.78, 5) is 12.4. The van der Waals surface area contributed by atoms with Crippen LogP contribution in [0.4, 0.5) is 15.2 Å². The number of anilines is 2. The third-order valence-corrected chi connectivity index (χ3v) is 6.92. The van der Waals surface area contributed by atoms with E-state index in [9.17, 15) is 17.6 Å². The highest BCUT2D eigenvalue weighted by molar-refractivity contribution is 7.92. The smallest absolute Gasteiger partial charge is 0.261 e. The van der Waals surface area contributed by atoms with Crippen molar-refractivity contribution in [2.24, 2.45) is 0 Å². The summed E-state index contributed by atoms with van der Waals surface area (Å²) in [6, 6.07) is 10.8. The fraction of sp³-hybridized carbons (Fsp3) is 0.250. The summed E-state index contributed by atoms with van der Waals surface area (Å²) >= 11 is 1.33. The van der Waals surface area contributed by atoms with Crippen molar-refractivity contribution in [1.82, 2.24) is 10.2 Å². The van der Waals surface area contributed by atoms with Crippen LogP contribution in [-0.4, -0.2) is 24.5 Å². The molecule has 0 unspecified atom stereocenters. The lowest BCUT2D eigenvalue weighted by Gasteiger charge is -2.09. The van der Waals surface area contributed by atoms with E-state index in [4.69, 9.17) is 0 Å². The van der Waals surface area contributed by atoms with E-state index in [2.05, 4.69) is 34.1 Å². The van der Waals surface area contributed by atoms with Gasteiger partial charge in [-0.3, -0.25) is 14.8 Å². The van der Waals surface area contributed by atoms with Crippen molar-refractivity contribution < 1.29 is 17.6 Å². The van der Waals surface area contributed by atoms with Crippen molar-refractivity contribution in [1.29, 1.82) is 0 Å². The number of benzene rings is 2. The number of halogens is 1. The topological polar surface area (TPSA) is 101 Å². The Morgan fingerprint density at radius 3 is 2.37 bits per heavy atom. The molecule has 2 N–H and O–H groups in total. The van der Waals surface area contributed by atoms with Crippen LogP contribution in [0.3, 0.4) is 0 Å². The molecule has 7 nitrogen and oxygen atoms in total. The fourth-order valence-electron chi connectivity index (χ4n) is 2.79. The average Bonchev–Trinajstić information content (AvgIpc) is 3.19. The van der Waals surface area contributed by atoms with E-state index in [1.54, 1.807) is 0 Å². The van der Waals surface area contributed by atoms with Gasteiger partial charge in [-0.15, -0.1) is 10.2 Å². The van der Waals surface area contributed by atoms with Gasteiger partial charge in [-0.2, -0.15) is 0 Å². The van der Waals surface area contributed by atoms with Crippen LogP contribution in [-0.2, 0) is 10.0 Å². The number of carbonyl (C=O) groups is 1. The summed E-state index contributed by atoms with van der Waals surface area (Å²) < 4.78 is 40.8. The van der Waals surface area contributed by atoms with E-state index >= 15 is 0 Å². The lowest BCUT2D eigenvalue weighted by atomic mass is 10.1. The van der Waals surface area contributed by atoms with E-state index in [0.717, 1.165) is 23.9 Å². The number of aromatic nitrogens is 2. The largest absolute Gasteiger partial charge is 0.296 e. The molecule has 0 atom stereocenters. The molecule has 0 radical (unpaired) electrons. The molecule has 1 amide bonds. The van der Waals surface area contributed by atoms with Crippen molar-refractivity contribution in [3.05, 3.63) is 64.9 Å². The summed E-state index contributed by atoms with van der Waals surface area (Å²) in [7, 11) is -3.99. The summed E-state index contributed by atoms with van der Waals surface area (Å²) in [5.74, 6) is -0.797. The van der Waals surface area contributed by atoms with E-state index in [1.807, 2.05) is 0 Å². The number of carbonyl (C=O) groups excluding carboxylic acids is 1. The Balaban J connectivity index is 1.70. The van der Waals surface area contributed by atoms with E-state index < -0.39 is 21.7 Å². The number of amides is 1. The first-order valence-electron chi connectivity index (χ1n) is 9.36. The minimum absolute atomic E-state index is 0.0887.